The Morgan fingerprint density at radius 2 is 1.39 bits per heavy atom. The number of fused-ring (bicyclic) bond motifs is 1. The van der Waals surface area contributed by atoms with Crippen LogP contribution < -0.4 is 0 Å². The lowest BCUT2D eigenvalue weighted by molar-refractivity contribution is -0.0635. The number of benzene rings is 2. The van der Waals surface area contributed by atoms with Crippen LogP contribution in [-0.4, -0.2) is 37.4 Å². The van der Waals surface area contributed by atoms with Crippen molar-refractivity contribution in [1.29, 1.82) is 0 Å². The summed E-state index contributed by atoms with van der Waals surface area (Å²) in [5.41, 5.74) is 2.07. The molecule has 0 spiro atoms. The molecule has 1 unspecified atom stereocenters. The van der Waals surface area contributed by atoms with Crippen molar-refractivity contribution < 1.29 is 14.2 Å². The predicted molar refractivity (Wildman–Crippen MR) is 86.7 cm³/mol. The number of hydrogen-bond donors (Lipinski definition) is 0. The molecule has 2 aromatic carbocycles. The highest BCUT2D eigenvalue weighted by molar-refractivity contribution is 5.25. The van der Waals surface area contributed by atoms with Gasteiger partial charge in [-0.25, -0.2) is 4.90 Å². The van der Waals surface area contributed by atoms with Gasteiger partial charge >= 0.3 is 0 Å². The molecule has 4 nitrogen and oxygen atoms in total. The van der Waals surface area contributed by atoms with Gasteiger partial charge in [0.25, 0.3) is 0 Å². The minimum absolute atomic E-state index is 0.112. The minimum Gasteiger partial charge on any atom is -0.383 e. The maximum absolute atomic E-state index is 6.18. The molecule has 3 atom stereocenters. The molecule has 0 saturated carbocycles. The van der Waals surface area contributed by atoms with Crippen LogP contribution in [-0.2, 0) is 14.2 Å². The third-order valence-electron chi connectivity index (χ3n) is 4.66. The van der Waals surface area contributed by atoms with E-state index in [1.165, 1.54) is 0 Å². The summed E-state index contributed by atoms with van der Waals surface area (Å²) in [5, 5.41) is 0. The van der Waals surface area contributed by atoms with Crippen LogP contribution in [0.5, 0.6) is 0 Å². The van der Waals surface area contributed by atoms with Gasteiger partial charge in [-0.2, -0.15) is 0 Å². The molecule has 2 aliphatic heterocycles. The summed E-state index contributed by atoms with van der Waals surface area (Å²) in [5.74, 6) is 0. The first-order chi connectivity index (χ1) is 11.3. The van der Waals surface area contributed by atoms with E-state index in [1.54, 1.807) is 7.11 Å². The first kappa shape index (κ1) is 14.8. The molecule has 2 aliphatic rings. The highest BCUT2D eigenvalue weighted by atomic mass is 16.6. The molecule has 0 amide bonds. The van der Waals surface area contributed by atoms with Gasteiger partial charge in [-0.3, -0.25) is 0 Å². The summed E-state index contributed by atoms with van der Waals surface area (Å²) in [4.78, 5) is 2.33. The highest BCUT2D eigenvalue weighted by Gasteiger charge is 2.56. The Labute approximate surface area is 136 Å². The van der Waals surface area contributed by atoms with Crippen LogP contribution in [0.2, 0.25) is 0 Å². The molecule has 0 aliphatic carbocycles. The Balaban J connectivity index is 1.73. The van der Waals surface area contributed by atoms with Gasteiger partial charge in [-0.05, 0) is 11.1 Å². The average Bonchev–Trinajstić information content (AvgIpc) is 3.14. The Morgan fingerprint density at radius 1 is 0.913 bits per heavy atom. The lowest BCUT2D eigenvalue weighted by Gasteiger charge is -2.33. The second-order valence-electron chi connectivity index (χ2n) is 6.21. The largest absolute Gasteiger partial charge is 0.383 e. The van der Waals surface area contributed by atoms with Crippen LogP contribution in [0, 0.1) is 0 Å². The summed E-state index contributed by atoms with van der Waals surface area (Å²) in [7, 11) is 1.73. The zero-order chi connectivity index (χ0) is 15.7. The maximum Gasteiger partial charge on any atom is 0.139 e. The summed E-state index contributed by atoms with van der Waals surface area (Å²) < 4.78 is 17.9. The number of hydrogen-bond acceptors (Lipinski definition) is 4. The highest BCUT2D eigenvalue weighted by Crippen LogP contribution is 2.48. The summed E-state index contributed by atoms with van der Waals surface area (Å²) in [6, 6.07) is 20.6. The lowest BCUT2D eigenvalue weighted by Crippen LogP contribution is -2.48. The van der Waals surface area contributed by atoms with E-state index in [1.807, 2.05) is 36.4 Å². The SMILES string of the molecule is COCC12CO[C@H](c3ccccc3)N1[C@H](c1ccccc1)OC2. The Kier molecular flexibility index (Phi) is 3.91. The third-order valence-corrected chi connectivity index (χ3v) is 4.66. The zero-order valence-corrected chi connectivity index (χ0v) is 13.2. The van der Waals surface area contributed by atoms with Crippen molar-refractivity contribution in [2.24, 2.45) is 0 Å². The molecule has 23 heavy (non-hydrogen) atoms. The standard InChI is InChI=1S/C19H21NO3/c1-21-12-19-13-22-17(15-8-4-2-5-9-15)20(19)18(23-14-19)16-10-6-3-7-11-16/h2-11,17-18H,12-14H2,1H3/t17-,18+,19?. The zero-order valence-electron chi connectivity index (χ0n) is 13.2. The fourth-order valence-electron chi connectivity index (χ4n) is 3.62. The molecule has 0 N–H and O–H groups in total. The van der Waals surface area contributed by atoms with E-state index in [2.05, 4.69) is 29.2 Å². The molecular weight excluding hydrogens is 290 g/mol. The summed E-state index contributed by atoms with van der Waals surface area (Å²) in [6.07, 6.45) is -0.224. The number of rotatable bonds is 4. The van der Waals surface area contributed by atoms with Crippen molar-refractivity contribution in [1.82, 2.24) is 4.90 Å². The lowest BCUT2D eigenvalue weighted by atomic mass is 10.0. The van der Waals surface area contributed by atoms with E-state index in [-0.39, 0.29) is 18.0 Å². The number of nitrogens with zero attached hydrogens (tertiary/aromatic N) is 1. The van der Waals surface area contributed by atoms with E-state index >= 15 is 0 Å². The van der Waals surface area contributed by atoms with Crippen LogP contribution in [0.1, 0.15) is 23.6 Å². The predicted octanol–water partition coefficient (Wildman–Crippen LogP) is 3.13. The summed E-state index contributed by atoms with van der Waals surface area (Å²) >= 11 is 0. The molecule has 0 aromatic heterocycles. The van der Waals surface area contributed by atoms with Crippen LogP contribution in [0.25, 0.3) is 0 Å². The van der Waals surface area contributed by atoms with Crippen molar-refractivity contribution in [3.8, 4) is 0 Å². The Hall–Kier alpha value is -1.72. The van der Waals surface area contributed by atoms with Gasteiger partial charge in [0.15, 0.2) is 0 Å². The molecule has 2 fully saturated rings. The topological polar surface area (TPSA) is 30.9 Å². The number of ether oxygens (including phenoxy) is 3. The van der Waals surface area contributed by atoms with Gasteiger partial charge in [-0.15, -0.1) is 0 Å². The van der Waals surface area contributed by atoms with E-state index in [9.17, 15) is 0 Å². The van der Waals surface area contributed by atoms with Gasteiger partial charge in [0.2, 0.25) is 0 Å². The molecule has 4 heteroatoms. The van der Waals surface area contributed by atoms with Crippen LogP contribution in [0.3, 0.4) is 0 Å². The molecule has 4 rings (SSSR count). The third kappa shape index (κ3) is 2.48. The van der Waals surface area contributed by atoms with E-state index in [0.717, 1.165) is 11.1 Å². The van der Waals surface area contributed by atoms with E-state index < -0.39 is 0 Å². The van der Waals surface area contributed by atoms with Gasteiger partial charge in [0, 0.05) is 7.11 Å². The molecular formula is C19H21NO3. The molecule has 2 heterocycles. The van der Waals surface area contributed by atoms with Crippen molar-refractivity contribution >= 4 is 0 Å². The van der Waals surface area contributed by atoms with Gasteiger partial charge < -0.3 is 14.2 Å². The molecule has 2 aromatic rings. The first-order valence-corrected chi connectivity index (χ1v) is 7.95. The summed E-state index contributed by atoms with van der Waals surface area (Å²) in [6.45, 7) is 1.83. The van der Waals surface area contributed by atoms with Gasteiger partial charge in [0.05, 0.1) is 25.4 Å². The molecule has 120 valence electrons. The maximum atomic E-state index is 6.18. The minimum atomic E-state index is -0.226. The second kappa shape index (κ2) is 6.06. The number of methoxy groups -OCH3 is 1. The van der Waals surface area contributed by atoms with E-state index in [4.69, 9.17) is 14.2 Å². The molecule has 0 radical (unpaired) electrons. The van der Waals surface area contributed by atoms with Crippen molar-refractivity contribution in [3.63, 3.8) is 0 Å². The smallest absolute Gasteiger partial charge is 0.139 e. The van der Waals surface area contributed by atoms with Crippen molar-refractivity contribution in [2.45, 2.75) is 18.0 Å². The fourth-order valence-corrected chi connectivity index (χ4v) is 3.62. The van der Waals surface area contributed by atoms with Gasteiger partial charge in [-0.1, -0.05) is 60.7 Å². The Morgan fingerprint density at radius 3 is 1.83 bits per heavy atom. The van der Waals surface area contributed by atoms with Crippen LogP contribution >= 0.6 is 0 Å². The van der Waals surface area contributed by atoms with Crippen molar-refractivity contribution in [2.75, 3.05) is 26.9 Å². The molecule has 0 bridgehead atoms. The average molecular weight is 311 g/mol. The fraction of sp³-hybridized carbons (Fsp3) is 0.368. The van der Waals surface area contributed by atoms with E-state index in [0.29, 0.717) is 19.8 Å². The quantitative estimate of drug-likeness (QED) is 0.868. The van der Waals surface area contributed by atoms with Gasteiger partial charge in [0.1, 0.15) is 12.5 Å². The Bertz CT molecular complexity index is 595. The van der Waals surface area contributed by atoms with Crippen LogP contribution in [0.15, 0.2) is 60.7 Å². The second-order valence-corrected chi connectivity index (χ2v) is 6.21. The van der Waals surface area contributed by atoms with Crippen molar-refractivity contribution in [3.05, 3.63) is 71.8 Å². The molecule has 2 saturated heterocycles. The van der Waals surface area contributed by atoms with Crippen LogP contribution in [0.4, 0.5) is 0 Å². The monoisotopic (exact) mass is 311 g/mol. The normalized spacial score (nSPS) is 30.5. The first-order valence-electron chi connectivity index (χ1n) is 7.95.